The lowest BCUT2D eigenvalue weighted by atomic mass is 10.1. The van der Waals surface area contributed by atoms with Crippen molar-refractivity contribution in [3.05, 3.63) is 65.2 Å². The number of rotatable bonds is 7. The lowest BCUT2D eigenvalue weighted by Gasteiger charge is -2.25. The standard InChI is InChI=1S/C23H27N3O4S/c27-23(30-16-6-13-24-22-21-8-3-2-7-19(21)17-25-22)18-9-11-20(12-10-18)31(28,29)26-14-4-1-5-15-26/h2-3,7-12H,1,4-6,13-17H2,(H,24,25). The van der Waals surface area contributed by atoms with Crippen molar-refractivity contribution in [2.45, 2.75) is 37.1 Å². The molecule has 164 valence electrons. The second-order valence-electron chi connectivity index (χ2n) is 7.73. The maximum Gasteiger partial charge on any atom is 0.338 e. The maximum atomic E-state index is 12.7. The molecule has 2 aliphatic rings. The summed E-state index contributed by atoms with van der Waals surface area (Å²) in [4.78, 5) is 17.0. The molecule has 1 N–H and O–H groups in total. The summed E-state index contributed by atoms with van der Waals surface area (Å²) in [6.07, 6.45) is 3.48. The first kappa shape index (κ1) is 21.5. The van der Waals surface area contributed by atoms with Crippen LogP contribution in [0.3, 0.4) is 0 Å². The molecule has 1 saturated heterocycles. The van der Waals surface area contributed by atoms with E-state index in [1.54, 1.807) is 0 Å². The quantitative estimate of drug-likeness (QED) is 0.527. The number of ether oxygens (including phenoxy) is 1. The van der Waals surface area contributed by atoms with Gasteiger partial charge in [0, 0.05) is 25.2 Å². The number of nitrogens with zero attached hydrogens (tertiary/aromatic N) is 2. The van der Waals surface area contributed by atoms with Crippen molar-refractivity contribution in [3.8, 4) is 0 Å². The Morgan fingerprint density at radius 1 is 1.03 bits per heavy atom. The van der Waals surface area contributed by atoms with Gasteiger partial charge in [0.15, 0.2) is 0 Å². The Hall–Kier alpha value is -2.71. The molecule has 2 aromatic rings. The molecule has 0 saturated carbocycles. The third-order valence-corrected chi connectivity index (χ3v) is 7.48. The molecule has 0 radical (unpaired) electrons. The van der Waals surface area contributed by atoms with Gasteiger partial charge in [0.1, 0.15) is 5.84 Å². The van der Waals surface area contributed by atoms with E-state index in [1.165, 1.54) is 34.1 Å². The largest absolute Gasteiger partial charge is 0.462 e. The highest BCUT2D eigenvalue weighted by Crippen LogP contribution is 2.21. The summed E-state index contributed by atoms with van der Waals surface area (Å²) < 4.78 is 32.2. The molecule has 2 heterocycles. The lowest BCUT2D eigenvalue weighted by Crippen LogP contribution is -2.35. The van der Waals surface area contributed by atoms with Crippen LogP contribution in [0.4, 0.5) is 0 Å². The summed E-state index contributed by atoms with van der Waals surface area (Å²) >= 11 is 0. The zero-order valence-corrected chi connectivity index (χ0v) is 18.2. The van der Waals surface area contributed by atoms with Gasteiger partial charge in [0.05, 0.1) is 23.6 Å². The highest BCUT2D eigenvalue weighted by molar-refractivity contribution is 7.89. The number of nitrogens with one attached hydrogen (secondary N) is 1. The van der Waals surface area contributed by atoms with E-state index in [-0.39, 0.29) is 11.5 Å². The number of carbonyl (C=O) groups excluding carboxylic acids is 1. The van der Waals surface area contributed by atoms with E-state index in [0.717, 1.165) is 30.7 Å². The van der Waals surface area contributed by atoms with Crippen molar-refractivity contribution < 1.29 is 17.9 Å². The Bertz CT molecular complexity index is 1060. The first-order valence-corrected chi connectivity index (χ1v) is 12.1. The van der Waals surface area contributed by atoms with Gasteiger partial charge < -0.3 is 10.1 Å². The van der Waals surface area contributed by atoms with Crippen LogP contribution < -0.4 is 5.32 Å². The summed E-state index contributed by atoms with van der Waals surface area (Å²) in [5.74, 6) is 0.429. The molecular formula is C23H27N3O4S. The Labute approximate surface area is 183 Å². The van der Waals surface area contributed by atoms with Gasteiger partial charge >= 0.3 is 5.97 Å². The molecule has 0 aliphatic carbocycles. The predicted molar refractivity (Wildman–Crippen MR) is 119 cm³/mol. The van der Waals surface area contributed by atoms with Gasteiger partial charge in [-0.15, -0.1) is 0 Å². The highest BCUT2D eigenvalue weighted by Gasteiger charge is 2.26. The van der Waals surface area contributed by atoms with Crippen LogP contribution in [0.1, 0.15) is 47.2 Å². The number of amidine groups is 1. The second-order valence-corrected chi connectivity index (χ2v) is 9.67. The van der Waals surface area contributed by atoms with E-state index < -0.39 is 16.0 Å². The number of esters is 1. The van der Waals surface area contributed by atoms with Gasteiger partial charge in [-0.3, -0.25) is 4.99 Å². The van der Waals surface area contributed by atoms with Crippen molar-refractivity contribution in [1.29, 1.82) is 0 Å². The van der Waals surface area contributed by atoms with Crippen LogP contribution in [-0.4, -0.2) is 50.8 Å². The molecule has 0 bridgehead atoms. The van der Waals surface area contributed by atoms with Gasteiger partial charge in [0.2, 0.25) is 10.0 Å². The molecule has 31 heavy (non-hydrogen) atoms. The number of aliphatic imine (C=N–C) groups is 1. The Morgan fingerprint density at radius 3 is 2.55 bits per heavy atom. The number of hydrogen-bond acceptors (Lipinski definition) is 6. The summed E-state index contributed by atoms with van der Waals surface area (Å²) in [6, 6.07) is 14.1. The number of fused-ring (bicyclic) bond motifs is 1. The molecule has 2 aliphatic heterocycles. The van der Waals surface area contributed by atoms with Crippen LogP contribution in [0.2, 0.25) is 0 Å². The molecular weight excluding hydrogens is 414 g/mol. The van der Waals surface area contributed by atoms with E-state index in [2.05, 4.69) is 16.4 Å². The molecule has 0 aromatic heterocycles. The summed E-state index contributed by atoms with van der Waals surface area (Å²) in [5.41, 5.74) is 2.68. The average molecular weight is 442 g/mol. The topological polar surface area (TPSA) is 88.1 Å². The Morgan fingerprint density at radius 2 is 1.77 bits per heavy atom. The minimum absolute atomic E-state index is 0.216. The molecule has 0 unspecified atom stereocenters. The van der Waals surface area contributed by atoms with Crippen LogP contribution in [0.15, 0.2) is 58.4 Å². The fraction of sp³-hybridized carbons (Fsp3) is 0.391. The van der Waals surface area contributed by atoms with Gasteiger partial charge in [-0.05, 0) is 49.1 Å². The molecule has 7 nitrogen and oxygen atoms in total. The van der Waals surface area contributed by atoms with Crippen molar-refractivity contribution in [3.63, 3.8) is 0 Å². The van der Waals surface area contributed by atoms with Crippen molar-refractivity contribution in [2.24, 2.45) is 4.99 Å². The zero-order valence-electron chi connectivity index (χ0n) is 17.4. The fourth-order valence-electron chi connectivity index (χ4n) is 3.83. The third kappa shape index (κ3) is 4.97. The van der Waals surface area contributed by atoms with Gasteiger partial charge in [-0.25, -0.2) is 13.2 Å². The minimum Gasteiger partial charge on any atom is -0.462 e. The number of hydrogen-bond donors (Lipinski definition) is 1. The molecule has 0 atom stereocenters. The average Bonchev–Trinajstić information content (AvgIpc) is 3.22. The van der Waals surface area contributed by atoms with Gasteiger partial charge in [-0.2, -0.15) is 4.31 Å². The van der Waals surface area contributed by atoms with E-state index in [9.17, 15) is 13.2 Å². The van der Waals surface area contributed by atoms with Crippen LogP contribution in [0.5, 0.6) is 0 Å². The summed E-state index contributed by atoms with van der Waals surface area (Å²) in [5, 5.41) is 3.29. The molecule has 0 spiro atoms. The smallest absolute Gasteiger partial charge is 0.338 e. The fourth-order valence-corrected chi connectivity index (χ4v) is 5.35. The first-order valence-electron chi connectivity index (χ1n) is 10.7. The Balaban J connectivity index is 1.23. The second kappa shape index (κ2) is 9.62. The molecule has 0 amide bonds. The molecule has 1 fully saturated rings. The highest BCUT2D eigenvalue weighted by atomic mass is 32.2. The number of piperidine rings is 1. The third-order valence-electron chi connectivity index (χ3n) is 5.57. The predicted octanol–water partition coefficient (Wildman–Crippen LogP) is 2.96. The van der Waals surface area contributed by atoms with Crippen molar-refractivity contribution in [1.82, 2.24) is 9.62 Å². The Kier molecular flexibility index (Phi) is 6.67. The monoisotopic (exact) mass is 441 g/mol. The van der Waals surface area contributed by atoms with Crippen LogP contribution in [0, 0.1) is 0 Å². The van der Waals surface area contributed by atoms with Crippen molar-refractivity contribution >= 4 is 21.8 Å². The summed E-state index contributed by atoms with van der Waals surface area (Å²) in [6.45, 7) is 2.72. The zero-order chi connectivity index (χ0) is 21.7. The number of carbonyl (C=O) groups is 1. The molecule has 8 heteroatoms. The van der Waals surface area contributed by atoms with E-state index in [1.807, 2.05) is 18.2 Å². The van der Waals surface area contributed by atoms with E-state index in [0.29, 0.717) is 38.2 Å². The van der Waals surface area contributed by atoms with Crippen LogP contribution in [-0.2, 0) is 21.3 Å². The minimum atomic E-state index is -3.50. The number of sulfonamides is 1. The SMILES string of the molecule is O=C(OCCCNC1=NCc2ccccc21)c1ccc(S(=O)(=O)N2CCCCC2)cc1. The maximum absolute atomic E-state index is 12.7. The van der Waals surface area contributed by atoms with E-state index >= 15 is 0 Å². The molecule has 2 aromatic carbocycles. The van der Waals surface area contributed by atoms with Crippen LogP contribution in [0.25, 0.3) is 0 Å². The van der Waals surface area contributed by atoms with Gasteiger partial charge in [0.25, 0.3) is 0 Å². The number of benzene rings is 2. The van der Waals surface area contributed by atoms with Gasteiger partial charge in [-0.1, -0.05) is 30.7 Å². The summed E-state index contributed by atoms with van der Waals surface area (Å²) in [7, 11) is -3.50. The molecule has 4 rings (SSSR count). The normalized spacial score (nSPS) is 16.5. The lowest BCUT2D eigenvalue weighted by molar-refractivity contribution is 0.0501. The van der Waals surface area contributed by atoms with E-state index in [4.69, 9.17) is 4.74 Å². The van der Waals surface area contributed by atoms with Crippen molar-refractivity contribution in [2.75, 3.05) is 26.2 Å². The first-order chi connectivity index (χ1) is 15.1. The van der Waals surface area contributed by atoms with Crippen LogP contribution >= 0.6 is 0 Å².